The summed E-state index contributed by atoms with van der Waals surface area (Å²) in [4.78, 5) is 8.69. The minimum Gasteiger partial charge on any atom is -0.312 e. The molecule has 1 saturated carbocycles. The van der Waals surface area contributed by atoms with Crippen LogP contribution in [0.25, 0.3) is 11.2 Å². The van der Waals surface area contributed by atoms with Gasteiger partial charge in [0.25, 0.3) is 0 Å². The van der Waals surface area contributed by atoms with Crippen LogP contribution in [0, 0.1) is 0 Å². The Morgan fingerprint density at radius 1 is 1.27 bits per heavy atom. The van der Waals surface area contributed by atoms with Crippen molar-refractivity contribution in [2.24, 2.45) is 0 Å². The summed E-state index contributed by atoms with van der Waals surface area (Å²) in [6, 6.07) is 4.28. The number of hydrogen-bond acceptors (Lipinski definition) is 2. The van der Waals surface area contributed by atoms with Gasteiger partial charge < -0.3 is 4.57 Å². The van der Waals surface area contributed by atoms with Crippen LogP contribution in [-0.4, -0.2) is 14.5 Å². The van der Waals surface area contributed by atoms with Gasteiger partial charge in [-0.05, 0) is 25.0 Å². The number of rotatable bonds is 1. The van der Waals surface area contributed by atoms with Crippen molar-refractivity contribution in [1.82, 2.24) is 14.5 Å². The second-order valence-electron chi connectivity index (χ2n) is 4.07. The molecule has 1 fully saturated rings. The van der Waals surface area contributed by atoms with Gasteiger partial charge in [-0.1, -0.05) is 24.4 Å². The van der Waals surface area contributed by atoms with Gasteiger partial charge in [0, 0.05) is 6.04 Å². The lowest BCUT2D eigenvalue weighted by atomic mass is 10.2. The van der Waals surface area contributed by atoms with E-state index in [1.165, 1.54) is 25.7 Å². The first-order valence-electron chi connectivity index (χ1n) is 5.34. The Bertz CT molecular complexity index is 486. The van der Waals surface area contributed by atoms with Crippen molar-refractivity contribution in [3.63, 3.8) is 0 Å². The Morgan fingerprint density at radius 2 is 2.07 bits per heavy atom. The molecule has 2 aromatic rings. The van der Waals surface area contributed by atoms with E-state index in [1.54, 1.807) is 6.07 Å². The summed E-state index contributed by atoms with van der Waals surface area (Å²) in [5.41, 5.74) is 1.86. The number of halogens is 1. The van der Waals surface area contributed by atoms with Crippen molar-refractivity contribution in [3.8, 4) is 0 Å². The molecule has 3 rings (SSSR count). The number of hydrogen-bond donors (Lipinski definition) is 0. The van der Waals surface area contributed by atoms with E-state index in [1.807, 2.05) is 12.4 Å². The summed E-state index contributed by atoms with van der Waals surface area (Å²) in [5.74, 6) is 0. The van der Waals surface area contributed by atoms with Gasteiger partial charge >= 0.3 is 0 Å². The van der Waals surface area contributed by atoms with Crippen molar-refractivity contribution in [1.29, 1.82) is 0 Å². The minimum atomic E-state index is 0.544. The molecule has 4 heteroatoms. The molecule has 0 bridgehead atoms. The van der Waals surface area contributed by atoms with E-state index in [-0.39, 0.29) is 0 Å². The predicted molar refractivity (Wildman–Crippen MR) is 60.0 cm³/mol. The zero-order valence-electron chi connectivity index (χ0n) is 8.36. The van der Waals surface area contributed by atoms with Gasteiger partial charge in [-0.3, -0.25) is 0 Å². The molecule has 2 heterocycles. The van der Waals surface area contributed by atoms with Crippen LogP contribution >= 0.6 is 11.6 Å². The molecule has 15 heavy (non-hydrogen) atoms. The molecule has 1 aliphatic carbocycles. The maximum Gasteiger partial charge on any atom is 0.161 e. The third-order valence-corrected chi connectivity index (χ3v) is 3.31. The second kappa shape index (κ2) is 3.49. The van der Waals surface area contributed by atoms with Crippen LogP contribution in [-0.2, 0) is 0 Å². The van der Waals surface area contributed by atoms with E-state index in [2.05, 4.69) is 14.5 Å². The van der Waals surface area contributed by atoms with Crippen LogP contribution in [0.1, 0.15) is 31.7 Å². The normalized spacial score (nSPS) is 17.7. The summed E-state index contributed by atoms with van der Waals surface area (Å²) in [6.07, 6.45) is 6.99. The lowest BCUT2D eigenvalue weighted by Crippen LogP contribution is -2.03. The molecule has 0 spiro atoms. The van der Waals surface area contributed by atoms with Crippen LogP contribution in [0.3, 0.4) is 0 Å². The molecule has 0 N–H and O–H groups in total. The number of aromatic nitrogens is 3. The van der Waals surface area contributed by atoms with Crippen molar-refractivity contribution >= 4 is 22.8 Å². The van der Waals surface area contributed by atoms with E-state index in [9.17, 15) is 0 Å². The van der Waals surface area contributed by atoms with Crippen molar-refractivity contribution in [2.75, 3.05) is 0 Å². The largest absolute Gasteiger partial charge is 0.312 e. The Morgan fingerprint density at radius 3 is 2.87 bits per heavy atom. The van der Waals surface area contributed by atoms with E-state index < -0.39 is 0 Å². The van der Waals surface area contributed by atoms with Crippen LogP contribution in [0.4, 0.5) is 0 Å². The first kappa shape index (κ1) is 9.16. The fraction of sp³-hybridized carbons (Fsp3) is 0.455. The Kier molecular flexibility index (Phi) is 2.13. The number of fused-ring (bicyclic) bond motifs is 1. The van der Waals surface area contributed by atoms with Crippen LogP contribution in [0.2, 0.25) is 5.15 Å². The van der Waals surface area contributed by atoms with E-state index in [0.29, 0.717) is 11.2 Å². The zero-order chi connectivity index (χ0) is 10.3. The first-order valence-corrected chi connectivity index (χ1v) is 5.71. The van der Waals surface area contributed by atoms with E-state index in [0.717, 1.165) is 11.2 Å². The van der Waals surface area contributed by atoms with Crippen molar-refractivity contribution < 1.29 is 0 Å². The quantitative estimate of drug-likeness (QED) is 0.693. The molecule has 2 aromatic heterocycles. The Hall–Kier alpha value is -1.09. The fourth-order valence-electron chi connectivity index (χ4n) is 2.34. The molecule has 3 nitrogen and oxygen atoms in total. The van der Waals surface area contributed by atoms with Gasteiger partial charge in [0.15, 0.2) is 5.65 Å². The zero-order valence-corrected chi connectivity index (χ0v) is 9.11. The molecule has 0 saturated heterocycles. The SMILES string of the molecule is Clc1ccc2ncn(C3CCCC3)c2n1. The highest BCUT2D eigenvalue weighted by molar-refractivity contribution is 6.29. The predicted octanol–water partition coefficient (Wildman–Crippen LogP) is 3.20. The molecule has 0 aliphatic heterocycles. The standard InChI is InChI=1S/C11H12ClN3/c12-10-6-5-9-11(14-10)15(7-13-9)8-3-1-2-4-8/h5-8H,1-4H2. The molecular formula is C11H12ClN3. The maximum absolute atomic E-state index is 5.90. The summed E-state index contributed by atoms with van der Waals surface area (Å²) >= 11 is 5.90. The van der Waals surface area contributed by atoms with Gasteiger partial charge in [0.05, 0.1) is 6.33 Å². The number of imidazole rings is 1. The first-order chi connectivity index (χ1) is 7.34. The van der Waals surface area contributed by atoms with E-state index >= 15 is 0 Å². The van der Waals surface area contributed by atoms with Gasteiger partial charge in [0.1, 0.15) is 10.7 Å². The summed E-state index contributed by atoms with van der Waals surface area (Å²) in [7, 11) is 0. The molecule has 0 unspecified atom stereocenters. The van der Waals surface area contributed by atoms with E-state index in [4.69, 9.17) is 11.6 Å². The minimum absolute atomic E-state index is 0.544. The molecule has 0 amide bonds. The highest BCUT2D eigenvalue weighted by atomic mass is 35.5. The number of nitrogens with zero attached hydrogens (tertiary/aromatic N) is 3. The van der Waals surface area contributed by atoms with Gasteiger partial charge in [-0.25, -0.2) is 9.97 Å². The molecular weight excluding hydrogens is 210 g/mol. The molecule has 0 radical (unpaired) electrons. The molecule has 0 aromatic carbocycles. The Balaban J connectivity index is 2.13. The fourth-order valence-corrected chi connectivity index (χ4v) is 2.48. The number of pyridine rings is 1. The Labute approximate surface area is 93.1 Å². The lowest BCUT2D eigenvalue weighted by Gasteiger charge is -2.10. The maximum atomic E-state index is 5.90. The van der Waals surface area contributed by atoms with Crippen molar-refractivity contribution in [2.45, 2.75) is 31.7 Å². The highest BCUT2D eigenvalue weighted by Gasteiger charge is 2.19. The molecule has 78 valence electrons. The second-order valence-corrected chi connectivity index (χ2v) is 4.45. The summed E-state index contributed by atoms with van der Waals surface area (Å²) < 4.78 is 2.17. The average Bonchev–Trinajstić information content (AvgIpc) is 2.83. The lowest BCUT2D eigenvalue weighted by molar-refractivity contribution is 0.529. The smallest absolute Gasteiger partial charge is 0.161 e. The van der Waals surface area contributed by atoms with Crippen LogP contribution in [0.5, 0.6) is 0 Å². The van der Waals surface area contributed by atoms with Crippen LogP contribution in [0.15, 0.2) is 18.5 Å². The molecule has 0 atom stereocenters. The van der Waals surface area contributed by atoms with Gasteiger partial charge in [0.2, 0.25) is 0 Å². The average molecular weight is 222 g/mol. The summed E-state index contributed by atoms with van der Waals surface area (Å²) in [6.45, 7) is 0. The molecule has 1 aliphatic rings. The topological polar surface area (TPSA) is 30.7 Å². The van der Waals surface area contributed by atoms with Gasteiger partial charge in [-0.2, -0.15) is 0 Å². The monoisotopic (exact) mass is 221 g/mol. The van der Waals surface area contributed by atoms with Crippen molar-refractivity contribution in [3.05, 3.63) is 23.6 Å². The third-order valence-electron chi connectivity index (χ3n) is 3.10. The third kappa shape index (κ3) is 1.51. The summed E-state index contributed by atoms with van der Waals surface area (Å²) in [5, 5.41) is 0.544. The van der Waals surface area contributed by atoms with Crippen LogP contribution < -0.4 is 0 Å². The highest BCUT2D eigenvalue weighted by Crippen LogP contribution is 2.31. The van der Waals surface area contributed by atoms with Gasteiger partial charge in [-0.15, -0.1) is 0 Å².